The zero-order chi connectivity index (χ0) is 16.4. The van der Waals surface area contributed by atoms with E-state index < -0.39 is 0 Å². The normalized spacial score (nSPS) is 21.3. The van der Waals surface area contributed by atoms with Crippen molar-refractivity contribution in [2.75, 3.05) is 7.11 Å². The molecule has 0 bridgehead atoms. The lowest BCUT2D eigenvalue weighted by atomic mass is 9.75. The number of aliphatic hydroxyl groups excluding tert-OH is 1. The van der Waals surface area contributed by atoms with E-state index in [9.17, 15) is 9.90 Å². The van der Waals surface area contributed by atoms with Crippen molar-refractivity contribution in [1.29, 1.82) is 0 Å². The Kier molecular flexibility index (Phi) is 4.84. The van der Waals surface area contributed by atoms with Crippen LogP contribution in [0.25, 0.3) is 0 Å². The van der Waals surface area contributed by atoms with E-state index in [1.165, 1.54) is 11.3 Å². The first-order chi connectivity index (χ1) is 11.1. The largest absolute Gasteiger partial charge is 0.481 e. The van der Waals surface area contributed by atoms with Crippen LogP contribution >= 0.6 is 22.9 Å². The summed E-state index contributed by atoms with van der Waals surface area (Å²) in [6, 6.07) is 6.89. The molecule has 1 saturated carbocycles. The van der Waals surface area contributed by atoms with Crippen molar-refractivity contribution in [2.24, 2.45) is 5.92 Å². The molecule has 0 spiro atoms. The van der Waals surface area contributed by atoms with E-state index in [1.807, 2.05) is 6.07 Å². The van der Waals surface area contributed by atoms with Gasteiger partial charge in [-0.25, -0.2) is 4.98 Å². The van der Waals surface area contributed by atoms with Crippen molar-refractivity contribution >= 4 is 28.8 Å². The van der Waals surface area contributed by atoms with Gasteiger partial charge in [0.1, 0.15) is 0 Å². The van der Waals surface area contributed by atoms with E-state index in [0.717, 1.165) is 5.56 Å². The van der Waals surface area contributed by atoms with E-state index in [-0.39, 0.29) is 24.0 Å². The Bertz CT molecular complexity index is 683. The highest BCUT2D eigenvalue weighted by Crippen LogP contribution is 2.38. The van der Waals surface area contributed by atoms with E-state index in [4.69, 9.17) is 16.3 Å². The van der Waals surface area contributed by atoms with E-state index in [2.05, 4.69) is 10.3 Å². The van der Waals surface area contributed by atoms with Crippen LogP contribution in [0.5, 0.6) is 5.88 Å². The summed E-state index contributed by atoms with van der Waals surface area (Å²) in [5, 5.41) is 12.6. The van der Waals surface area contributed by atoms with Gasteiger partial charge in [0.2, 0.25) is 5.88 Å². The molecule has 23 heavy (non-hydrogen) atoms. The minimum Gasteiger partial charge on any atom is -0.481 e. The highest BCUT2D eigenvalue weighted by Gasteiger charge is 2.36. The summed E-state index contributed by atoms with van der Waals surface area (Å²) in [7, 11) is 1.56. The zero-order valence-corrected chi connectivity index (χ0v) is 14.1. The van der Waals surface area contributed by atoms with Gasteiger partial charge in [-0.2, -0.15) is 0 Å². The molecule has 0 radical (unpaired) electrons. The lowest BCUT2D eigenvalue weighted by Gasteiger charge is -2.38. The second-order valence-corrected chi connectivity index (χ2v) is 7.29. The molecular weight excluding hydrogens is 336 g/mol. The molecule has 0 aliphatic heterocycles. The minimum absolute atomic E-state index is 0.163. The van der Waals surface area contributed by atoms with Gasteiger partial charge in [-0.1, -0.05) is 17.7 Å². The number of amides is 1. The van der Waals surface area contributed by atoms with E-state index >= 15 is 0 Å². The molecule has 2 heterocycles. The molecule has 5 nitrogen and oxygen atoms in total. The third-order valence-electron chi connectivity index (χ3n) is 4.03. The quantitative estimate of drug-likeness (QED) is 0.867. The summed E-state index contributed by atoms with van der Waals surface area (Å²) in [5.74, 6) is 0.557. The number of hydrogen-bond acceptors (Lipinski definition) is 5. The maximum atomic E-state index is 12.4. The monoisotopic (exact) mass is 352 g/mol. The Balaban J connectivity index is 1.79. The van der Waals surface area contributed by atoms with Crippen LogP contribution in [0.3, 0.4) is 0 Å². The molecule has 1 aliphatic carbocycles. The predicted molar refractivity (Wildman–Crippen MR) is 89.1 cm³/mol. The van der Waals surface area contributed by atoms with Crippen LogP contribution < -0.4 is 10.1 Å². The number of ether oxygens (including phenoxy) is 1. The fraction of sp³-hybridized carbons (Fsp3) is 0.375. The highest BCUT2D eigenvalue weighted by atomic mass is 35.5. The molecule has 1 fully saturated rings. The molecule has 2 aromatic rings. The molecule has 2 aromatic heterocycles. The lowest BCUT2D eigenvalue weighted by Crippen LogP contribution is -2.41. The Morgan fingerprint density at radius 1 is 1.43 bits per heavy atom. The standard InChI is InChI=1S/C16H17ClN2O3S/c1-22-14-5-2-9(8-18-14)15(10-6-11(20)7-10)19-16(21)12-3-4-13(17)23-12/h2-5,8,10-11,15,20H,6-7H2,1H3,(H,19,21)/t10?,11?,15-/m0/s1. The second kappa shape index (κ2) is 6.86. The van der Waals surface area contributed by atoms with Crippen LogP contribution in [-0.4, -0.2) is 29.2 Å². The molecule has 1 amide bonds. The third kappa shape index (κ3) is 3.65. The SMILES string of the molecule is COc1ccc([C@H](NC(=O)c2ccc(Cl)s2)C2CC(O)C2)cn1. The van der Waals surface area contributed by atoms with Gasteiger partial charge >= 0.3 is 0 Å². The van der Waals surface area contributed by atoms with Crippen LogP contribution in [-0.2, 0) is 0 Å². The average molecular weight is 353 g/mol. The first-order valence-electron chi connectivity index (χ1n) is 7.31. The number of rotatable bonds is 5. The van der Waals surface area contributed by atoms with Crippen molar-refractivity contribution in [3.8, 4) is 5.88 Å². The van der Waals surface area contributed by atoms with Gasteiger partial charge in [0.25, 0.3) is 5.91 Å². The van der Waals surface area contributed by atoms with Gasteiger partial charge in [-0.15, -0.1) is 11.3 Å². The zero-order valence-electron chi connectivity index (χ0n) is 12.5. The van der Waals surface area contributed by atoms with Crippen molar-refractivity contribution < 1.29 is 14.6 Å². The first kappa shape index (κ1) is 16.2. The number of hydrogen-bond donors (Lipinski definition) is 2. The van der Waals surface area contributed by atoms with Gasteiger partial charge in [0.05, 0.1) is 28.5 Å². The summed E-state index contributed by atoms with van der Waals surface area (Å²) < 4.78 is 5.65. The Labute approximate surface area is 143 Å². The number of nitrogens with zero attached hydrogens (tertiary/aromatic N) is 1. The van der Waals surface area contributed by atoms with Gasteiger partial charge in [-0.05, 0) is 36.5 Å². The summed E-state index contributed by atoms with van der Waals surface area (Å²) in [6.07, 6.45) is 2.75. The van der Waals surface area contributed by atoms with Crippen molar-refractivity contribution in [3.05, 3.63) is 45.2 Å². The number of nitrogens with one attached hydrogen (secondary N) is 1. The molecule has 1 aliphatic rings. The summed E-state index contributed by atoms with van der Waals surface area (Å²) in [6.45, 7) is 0. The number of carbonyl (C=O) groups is 1. The van der Waals surface area contributed by atoms with Crippen molar-refractivity contribution in [3.63, 3.8) is 0 Å². The Morgan fingerprint density at radius 3 is 2.74 bits per heavy atom. The van der Waals surface area contributed by atoms with Crippen LogP contribution in [0.15, 0.2) is 30.5 Å². The second-order valence-electron chi connectivity index (χ2n) is 5.57. The highest BCUT2D eigenvalue weighted by molar-refractivity contribution is 7.17. The Morgan fingerprint density at radius 2 is 2.22 bits per heavy atom. The fourth-order valence-corrected chi connectivity index (χ4v) is 3.67. The minimum atomic E-state index is -0.290. The van der Waals surface area contributed by atoms with Crippen LogP contribution in [0, 0.1) is 5.92 Å². The van der Waals surface area contributed by atoms with Gasteiger partial charge in [-0.3, -0.25) is 4.79 Å². The van der Waals surface area contributed by atoms with E-state index in [1.54, 1.807) is 31.5 Å². The molecular formula is C16H17ClN2O3S. The predicted octanol–water partition coefficient (Wildman–Crippen LogP) is 3.05. The molecule has 122 valence electrons. The third-order valence-corrected chi connectivity index (χ3v) is 5.26. The fourth-order valence-electron chi connectivity index (χ4n) is 2.72. The van der Waals surface area contributed by atoms with Crippen LogP contribution in [0.2, 0.25) is 4.34 Å². The number of methoxy groups -OCH3 is 1. The van der Waals surface area contributed by atoms with Gasteiger partial charge < -0.3 is 15.2 Å². The molecule has 0 unspecified atom stereocenters. The molecule has 2 N–H and O–H groups in total. The van der Waals surface area contributed by atoms with Gasteiger partial charge in [0.15, 0.2) is 0 Å². The molecule has 0 aromatic carbocycles. The van der Waals surface area contributed by atoms with E-state index in [0.29, 0.717) is 27.9 Å². The summed E-state index contributed by atoms with van der Waals surface area (Å²) in [4.78, 5) is 17.2. The number of carbonyl (C=O) groups excluding carboxylic acids is 1. The molecule has 7 heteroatoms. The number of halogens is 1. The average Bonchev–Trinajstić information content (AvgIpc) is 2.96. The number of aromatic nitrogens is 1. The maximum absolute atomic E-state index is 12.4. The lowest BCUT2D eigenvalue weighted by molar-refractivity contribution is 0.0235. The first-order valence-corrected chi connectivity index (χ1v) is 8.50. The number of thiophene rings is 1. The smallest absolute Gasteiger partial charge is 0.261 e. The summed E-state index contributed by atoms with van der Waals surface area (Å²) in [5.41, 5.74) is 0.902. The Hall–Kier alpha value is -1.63. The van der Waals surface area contributed by atoms with Crippen LogP contribution in [0.1, 0.15) is 34.1 Å². The maximum Gasteiger partial charge on any atom is 0.261 e. The summed E-state index contributed by atoms with van der Waals surface area (Å²) >= 11 is 7.14. The van der Waals surface area contributed by atoms with Crippen molar-refractivity contribution in [2.45, 2.75) is 25.0 Å². The van der Waals surface area contributed by atoms with Crippen molar-refractivity contribution in [1.82, 2.24) is 10.3 Å². The topological polar surface area (TPSA) is 71.5 Å². The molecule has 1 atom stereocenters. The number of aliphatic hydroxyl groups is 1. The molecule has 3 rings (SSSR count). The molecule has 0 saturated heterocycles. The van der Waals surface area contributed by atoms with Crippen LogP contribution in [0.4, 0.5) is 0 Å². The number of pyridine rings is 1. The van der Waals surface area contributed by atoms with Gasteiger partial charge in [0, 0.05) is 12.3 Å².